The van der Waals surface area contributed by atoms with Crippen LogP contribution in [-0.2, 0) is 17.8 Å². The van der Waals surface area contributed by atoms with Crippen molar-refractivity contribution in [2.24, 2.45) is 0 Å². The van der Waals surface area contributed by atoms with Gasteiger partial charge in [-0.05, 0) is 13.8 Å². The molecule has 1 N–H and O–H groups in total. The molecule has 0 aromatic carbocycles. The summed E-state index contributed by atoms with van der Waals surface area (Å²) in [5.74, 6) is -0.750. The number of aryl methyl sites for hydroxylation is 1. The molecule has 15 heavy (non-hydrogen) atoms. The predicted octanol–water partition coefficient (Wildman–Crippen LogP) is 1.28. The summed E-state index contributed by atoms with van der Waals surface area (Å²) >= 11 is 1.68. The Balaban J connectivity index is 2.14. The molecule has 1 unspecified atom stereocenters. The van der Waals surface area contributed by atoms with E-state index in [0.29, 0.717) is 0 Å². The molecule has 0 spiro atoms. The average molecular weight is 226 g/mol. The van der Waals surface area contributed by atoms with Gasteiger partial charge in [0.15, 0.2) is 0 Å². The molecule has 2 heterocycles. The number of thiazole rings is 1. The van der Waals surface area contributed by atoms with Crippen LogP contribution >= 0.6 is 11.3 Å². The molecule has 0 fully saturated rings. The minimum absolute atomic E-state index is 0.402. The molecule has 0 bridgehead atoms. The number of nitrogens with zero attached hydrogens (tertiary/aromatic N) is 2. The van der Waals surface area contributed by atoms with E-state index in [1.165, 1.54) is 4.88 Å². The molecule has 0 saturated heterocycles. The van der Waals surface area contributed by atoms with Gasteiger partial charge in [0.2, 0.25) is 0 Å². The first-order valence-electron chi connectivity index (χ1n) is 5.00. The second-order valence-corrected chi connectivity index (χ2v) is 5.13. The molecule has 2 rings (SSSR count). The van der Waals surface area contributed by atoms with Crippen molar-refractivity contribution >= 4 is 17.3 Å². The molecule has 1 aromatic rings. The lowest BCUT2D eigenvalue weighted by atomic mass is 10.1. The highest BCUT2D eigenvalue weighted by Gasteiger charge is 2.26. The van der Waals surface area contributed by atoms with Crippen LogP contribution in [0.5, 0.6) is 0 Å². The topological polar surface area (TPSA) is 53.4 Å². The molecule has 0 saturated carbocycles. The largest absolute Gasteiger partial charge is 0.480 e. The molecule has 0 radical (unpaired) electrons. The molecular weight excluding hydrogens is 212 g/mol. The van der Waals surface area contributed by atoms with Crippen molar-refractivity contribution in [3.63, 3.8) is 0 Å². The SMILES string of the molecule is Cc1nc2c(s1)CN(C(C)C(=O)O)CC2. The fourth-order valence-electron chi connectivity index (χ4n) is 1.83. The second-order valence-electron chi connectivity index (χ2n) is 3.84. The van der Waals surface area contributed by atoms with Crippen LogP contribution in [0.15, 0.2) is 0 Å². The van der Waals surface area contributed by atoms with Gasteiger partial charge in [0, 0.05) is 24.4 Å². The molecule has 0 aliphatic carbocycles. The van der Waals surface area contributed by atoms with Crippen LogP contribution in [0.4, 0.5) is 0 Å². The lowest BCUT2D eigenvalue weighted by Gasteiger charge is -2.29. The number of fused-ring (bicyclic) bond motifs is 1. The molecule has 1 aliphatic rings. The van der Waals surface area contributed by atoms with E-state index in [9.17, 15) is 4.79 Å². The number of hydrogen-bond donors (Lipinski definition) is 1. The minimum Gasteiger partial charge on any atom is -0.480 e. The zero-order valence-electron chi connectivity index (χ0n) is 8.86. The third-order valence-corrected chi connectivity index (χ3v) is 3.77. The Morgan fingerprint density at radius 2 is 2.40 bits per heavy atom. The number of carboxylic acids is 1. The molecule has 1 aromatic heterocycles. The van der Waals surface area contributed by atoms with Crippen molar-refractivity contribution in [2.45, 2.75) is 32.9 Å². The van der Waals surface area contributed by atoms with Gasteiger partial charge in [-0.25, -0.2) is 4.98 Å². The quantitative estimate of drug-likeness (QED) is 0.825. The van der Waals surface area contributed by atoms with E-state index >= 15 is 0 Å². The second kappa shape index (κ2) is 3.90. The van der Waals surface area contributed by atoms with Crippen LogP contribution < -0.4 is 0 Å². The summed E-state index contributed by atoms with van der Waals surface area (Å²) in [5.41, 5.74) is 1.16. The molecule has 5 heteroatoms. The van der Waals surface area contributed by atoms with Crippen LogP contribution in [0.3, 0.4) is 0 Å². The van der Waals surface area contributed by atoms with Crippen molar-refractivity contribution < 1.29 is 9.90 Å². The van der Waals surface area contributed by atoms with Gasteiger partial charge in [-0.1, -0.05) is 0 Å². The lowest BCUT2D eigenvalue weighted by Crippen LogP contribution is -2.41. The molecule has 0 amide bonds. The van der Waals surface area contributed by atoms with Gasteiger partial charge < -0.3 is 5.11 Å². The van der Waals surface area contributed by atoms with Crippen molar-refractivity contribution in [2.75, 3.05) is 6.54 Å². The maximum Gasteiger partial charge on any atom is 0.320 e. The highest BCUT2D eigenvalue weighted by atomic mass is 32.1. The van der Waals surface area contributed by atoms with Crippen molar-refractivity contribution in [3.05, 3.63) is 15.6 Å². The van der Waals surface area contributed by atoms with Crippen LogP contribution in [0.25, 0.3) is 0 Å². The number of carboxylic acid groups (broad SMARTS) is 1. The van der Waals surface area contributed by atoms with E-state index in [-0.39, 0.29) is 0 Å². The summed E-state index contributed by atoms with van der Waals surface area (Å²) in [7, 11) is 0. The number of carbonyl (C=O) groups is 1. The maximum absolute atomic E-state index is 10.9. The van der Waals surface area contributed by atoms with Gasteiger partial charge in [0.25, 0.3) is 0 Å². The monoisotopic (exact) mass is 226 g/mol. The summed E-state index contributed by atoms with van der Waals surface area (Å²) in [6.45, 7) is 5.26. The Morgan fingerprint density at radius 3 is 3.07 bits per heavy atom. The summed E-state index contributed by atoms with van der Waals surface area (Å²) in [5, 5.41) is 10.0. The van der Waals surface area contributed by atoms with Crippen molar-refractivity contribution in [3.8, 4) is 0 Å². The molecule has 4 nitrogen and oxygen atoms in total. The third-order valence-electron chi connectivity index (χ3n) is 2.77. The summed E-state index contributed by atoms with van der Waals surface area (Å²) < 4.78 is 0. The Kier molecular flexibility index (Phi) is 2.75. The van der Waals surface area contributed by atoms with E-state index in [0.717, 1.165) is 30.2 Å². The average Bonchev–Trinajstić information content (AvgIpc) is 2.55. The van der Waals surface area contributed by atoms with Gasteiger partial charge in [-0.2, -0.15) is 0 Å². The van der Waals surface area contributed by atoms with E-state index < -0.39 is 12.0 Å². The van der Waals surface area contributed by atoms with Crippen LogP contribution in [0, 0.1) is 6.92 Å². The standard InChI is InChI=1S/C10H14N2O2S/c1-6(10(13)14)12-4-3-8-9(5-12)15-7(2)11-8/h6H,3-5H2,1-2H3,(H,13,14). The van der Waals surface area contributed by atoms with E-state index in [1.807, 2.05) is 11.8 Å². The number of hydrogen-bond acceptors (Lipinski definition) is 4. The van der Waals surface area contributed by atoms with E-state index in [1.54, 1.807) is 18.3 Å². The van der Waals surface area contributed by atoms with Gasteiger partial charge in [-0.3, -0.25) is 9.69 Å². The Hall–Kier alpha value is -0.940. The van der Waals surface area contributed by atoms with Crippen LogP contribution in [0.2, 0.25) is 0 Å². The summed E-state index contributed by atoms with van der Waals surface area (Å²) in [6.07, 6.45) is 0.872. The van der Waals surface area contributed by atoms with Gasteiger partial charge in [0.1, 0.15) is 6.04 Å². The smallest absolute Gasteiger partial charge is 0.320 e. The normalized spacial score (nSPS) is 18.5. The van der Waals surface area contributed by atoms with Crippen molar-refractivity contribution in [1.82, 2.24) is 9.88 Å². The fourth-order valence-corrected chi connectivity index (χ4v) is 2.84. The highest BCUT2D eigenvalue weighted by Crippen LogP contribution is 2.25. The minimum atomic E-state index is -0.750. The molecule has 1 aliphatic heterocycles. The third kappa shape index (κ3) is 2.03. The van der Waals surface area contributed by atoms with Gasteiger partial charge in [-0.15, -0.1) is 11.3 Å². The molecule has 1 atom stereocenters. The van der Waals surface area contributed by atoms with Crippen LogP contribution in [0.1, 0.15) is 22.5 Å². The Morgan fingerprint density at radius 1 is 1.67 bits per heavy atom. The Bertz CT molecular complexity index is 389. The van der Waals surface area contributed by atoms with Gasteiger partial charge >= 0.3 is 5.97 Å². The summed E-state index contributed by atoms with van der Waals surface area (Å²) in [6, 6.07) is -0.402. The molecule has 82 valence electrons. The summed E-state index contributed by atoms with van der Waals surface area (Å²) in [4.78, 5) is 18.5. The zero-order chi connectivity index (χ0) is 11.0. The Labute approximate surface area is 92.6 Å². The lowest BCUT2D eigenvalue weighted by molar-refractivity contribution is -0.142. The molecular formula is C10H14N2O2S. The number of aromatic nitrogens is 1. The number of rotatable bonds is 2. The first-order chi connectivity index (χ1) is 7.08. The fraction of sp³-hybridized carbons (Fsp3) is 0.600. The maximum atomic E-state index is 10.9. The van der Waals surface area contributed by atoms with Gasteiger partial charge in [0.05, 0.1) is 10.7 Å². The van der Waals surface area contributed by atoms with E-state index in [4.69, 9.17) is 5.11 Å². The highest BCUT2D eigenvalue weighted by molar-refractivity contribution is 7.11. The van der Waals surface area contributed by atoms with Crippen LogP contribution in [-0.4, -0.2) is 33.5 Å². The number of aliphatic carboxylic acids is 1. The zero-order valence-corrected chi connectivity index (χ0v) is 9.67. The van der Waals surface area contributed by atoms with E-state index in [2.05, 4.69) is 4.98 Å². The predicted molar refractivity (Wildman–Crippen MR) is 58.1 cm³/mol. The van der Waals surface area contributed by atoms with Crippen molar-refractivity contribution in [1.29, 1.82) is 0 Å². The first kappa shape index (κ1) is 10.6. The first-order valence-corrected chi connectivity index (χ1v) is 5.81.